The van der Waals surface area contributed by atoms with E-state index in [2.05, 4.69) is 13.5 Å². The van der Waals surface area contributed by atoms with E-state index in [4.69, 9.17) is 0 Å². The first-order chi connectivity index (χ1) is 11.6. The lowest BCUT2D eigenvalue weighted by Gasteiger charge is -2.65. The number of fused-ring (bicyclic) bond motifs is 3. The number of aliphatic hydroxyl groups is 3. The number of carbonyl (C=O) groups is 2. The van der Waals surface area contributed by atoms with Gasteiger partial charge in [0.05, 0.1) is 23.7 Å². The highest BCUT2D eigenvalue weighted by atomic mass is 16.3. The Morgan fingerprint density at radius 1 is 1.12 bits per heavy atom. The van der Waals surface area contributed by atoms with Crippen LogP contribution in [0.5, 0.6) is 0 Å². The minimum atomic E-state index is -1.27. The molecule has 0 aromatic carbocycles. The summed E-state index contributed by atoms with van der Waals surface area (Å²) in [4.78, 5) is 25.0. The van der Waals surface area contributed by atoms with Gasteiger partial charge in [0, 0.05) is 11.3 Å². The van der Waals surface area contributed by atoms with Gasteiger partial charge < -0.3 is 20.1 Å². The third-order valence-electron chi connectivity index (χ3n) is 8.48. The molecule has 4 fully saturated rings. The van der Waals surface area contributed by atoms with E-state index in [0.29, 0.717) is 12.8 Å². The molecule has 25 heavy (non-hydrogen) atoms. The average molecular weight is 348 g/mol. The highest BCUT2D eigenvalue weighted by Gasteiger charge is 2.75. The van der Waals surface area contributed by atoms with Crippen LogP contribution in [0, 0.1) is 34.0 Å². The van der Waals surface area contributed by atoms with Crippen molar-refractivity contribution in [2.75, 3.05) is 0 Å². The number of aliphatic hydroxyl groups excluding tert-OH is 3. The van der Waals surface area contributed by atoms with Gasteiger partial charge in [0.1, 0.15) is 6.29 Å². The second-order valence-electron chi connectivity index (χ2n) is 9.40. The monoisotopic (exact) mass is 348 g/mol. The fourth-order valence-corrected chi connectivity index (χ4v) is 7.30. The molecule has 9 atom stereocenters. The molecule has 0 saturated heterocycles. The van der Waals surface area contributed by atoms with Crippen molar-refractivity contribution >= 4 is 12.1 Å². The van der Waals surface area contributed by atoms with Crippen molar-refractivity contribution in [2.24, 2.45) is 34.0 Å². The fraction of sp³-hybridized carbons (Fsp3) is 0.800. The Morgan fingerprint density at radius 2 is 1.80 bits per heavy atom. The zero-order valence-corrected chi connectivity index (χ0v) is 14.9. The van der Waals surface area contributed by atoms with Crippen LogP contribution in [0.4, 0.5) is 0 Å². The molecule has 4 rings (SSSR count). The van der Waals surface area contributed by atoms with Gasteiger partial charge in [-0.2, -0.15) is 0 Å². The van der Waals surface area contributed by atoms with E-state index in [1.54, 1.807) is 0 Å². The molecule has 4 aliphatic carbocycles. The van der Waals surface area contributed by atoms with E-state index in [9.17, 15) is 24.9 Å². The number of Topliss-reactive ketones (excluding diaryl/α,β-unsaturated/α-hetero) is 1. The van der Waals surface area contributed by atoms with Crippen molar-refractivity contribution in [3.63, 3.8) is 0 Å². The Kier molecular flexibility index (Phi) is 3.49. The largest absolute Gasteiger partial charge is 0.392 e. The molecule has 0 amide bonds. The van der Waals surface area contributed by atoms with Crippen molar-refractivity contribution in [3.8, 4) is 0 Å². The van der Waals surface area contributed by atoms with Gasteiger partial charge in [0.15, 0.2) is 5.78 Å². The summed E-state index contributed by atoms with van der Waals surface area (Å²) in [6.07, 6.45) is 1.25. The van der Waals surface area contributed by atoms with Crippen LogP contribution in [-0.2, 0) is 9.59 Å². The van der Waals surface area contributed by atoms with E-state index >= 15 is 0 Å². The van der Waals surface area contributed by atoms with Crippen molar-refractivity contribution in [1.29, 1.82) is 0 Å². The first kappa shape index (κ1) is 17.4. The van der Waals surface area contributed by atoms with Crippen LogP contribution in [0.2, 0.25) is 0 Å². The quantitative estimate of drug-likeness (QED) is 0.490. The van der Waals surface area contributed by atoms with Gasteiger partial charge in [-0.1, -0.05) is 26.8 Å². The predicted octanol–water partition coefficient (Wildman–Crippen LogP) is 1.25. The number of carbonyl (C=O) groups excluding carboxylic acids is 2. The Morgan fingerprint density at radius 3 is 2.44 bits per heavy atom. The second-order valence-corrected chi connectivity index (χ2v) is 9.40. The van der Waals surface area contributed by atoms with Crippen LogP contribution in [0.25, 0.3) is 0 Å². The van der Waals surface area contributed by atoms with Crippen LogP contribution in [0.15, 0.2) is 12.2 Å². The first-order valence-corrected chi connectivity index (χ1v) is 9.38. The third kappa shape index (κ3) is 1.75. The SMILES string of the molecule is C=C1C(=O)C23[C@H](O)C[C@H]4[C@@](C)(CCC[C@]4(C)C=O)[C@@H]2C[C@H](O)C1[C@@H]3O. The molecular weight excluding hydrogens is 320 g/mol. The molecule has 0 aromatic rings. The van der Waals surface area contributed by atoms with Crippen LogP contribution in [0.3, 0.4) is 0 Å². The molecule has 4 saturated carbocycles. The smallest absolute Gasteiger partial charge is 0.170 e. The van der Waals surface area contributed by atoms with Crippen LogP contribution in [0.1, 0.15) is 46.0 Å². The molecule has 0 aromatic heterocycles. The highest BCUT2D eigenvalue weighted by Crippen LogP contribution is 2.70. The Labute approximate surface area is 148 Å². The van der Waals surface area contributed by atoms with Gasteiger partial charge in [-0.25, -0.2) is 0 Å². The van der Waals surface area contributed by atoms with E-state index in [-0.39, 0.29) is 28.6 Å². The van der Waals surface area contributed by atoms with Crippen LogP contribution < -0.4 is 0 Å². The zero-order chi connectivity index (χ0) is 18.4. The van der Waals surface area contributed by atoms with E-state index in [1.807, 2.05) is 6.92 Å². The summed E-state index contributed by atoms with van der Waals surface area (Å²) in [5.74, 6) is -1.37. The van der Waals surface area contributed by atoms with Gasteiger partial charge in [0.25, 0.3) is 0 Å². The number of aldehydes is 1. The first-order valence-electron chi connectivity index (χ1n) is 9.38. The summed E-state index contributed by atoms with van der Waals surface area (Å²) < 4.78 is 0. The lowest BCUT2D eigenvalue weighted by atomic mass is 9.39. The van der Waals surface area contributed by atoms with Gasteiger partial charge >= 0.3 is 0 Å². The summed E-state index contributed by atoms with van der Waals surface area (Å²) >= 11 is 0. The fourth-order valence-electron chi connectivity index (χ4n) is 7.30. The van der Waals surface area contributed by atoms with Crippen molar-refractivity contribution < 1.29 is 24.9 Å². The van der Waals surface area contributed by atoms with Crippen molar-refractivity contribution in [1.82, 2.24) is 0 Å². The number of hydrogen-bond acceptors (Lipinski definition) is 5. The molecular formula is C20H28O5. The van der Waals surface area contributed by atoms with Crippen molar-refractivity contribution in [3.05, 3.63) is 12.2 Å². The maximum absolute atomic E-state index is 13.2. The normalized spacial score (nSPS) is 57.8. The van der Waals surface area contributed by atoms with Crippen LogP contribution in [-0.4, -0.2) is 45.7 Å². The summed E-state index contributed by atoms with van der Waals surface area (Å²) in [6.45, 7) is 7.87. The number of ketones is 1. The molecule has 0 aliphatic heterocycles. The van der Waals surface area contributed by atoms with Gasteiger partial charge in [0.2, 0.25) is 0 Å². The minimum absolute atomic E-state index is 0.0607. The molecule has 2 bridgehead atoms. The highest BCUT2D eigenvalue weighted by molar-refractivity contribution is 6.04. The molecule has 3 N–H and O–H groups in total. The zero-order valence-electron chi connectivity index (χ0n) is 14.9. The molecule has 1 spiro atoms. The van der Waals surface area contributed by atoms with Gasteiger partial charge in [-0.15, -0.1) is 0 Å². The lowest BCUT2D eigenvalue weighted by Crippen LogP contribution is -2.68. The van der Waals surface area contributed by atoms with E-state index < -0.39 is 35.1 Å². The number of rotatable bonds is 1. The lowest BCUT2D eigenvalue weighted by molar-refractivity contribution is -0.236. The third-order valence-corrected chi connectivity index (χ3v) is 8.48. The summed E-state index contributed by atoms with van der Waals surface area (Å²) in [6, 6.07) is 0. The molecule has 138 valence electrons. The van der Waals surface area contributed by atoms with E-state index in [0.717, 1.165) is 25.5 Å². The van der Waals surface area contributed by atoms with Crippen LogP contribution >= 0.6 is 0 Å². The molecule has 5 heteroatoms. The van der Waals surface area contributed by atoms with Gasteiger partial charge in [-0.05, 0) is 48.5 Å². The molecule has 2 unspecified atom stereocenters. The van der Waals surface area contributed by atoms with Gasteiger partial charge in [-0.3, -0.25) is 4.79 Å². The Balaban J connectivity index is 1.90. The minimum Gasteiger partial charge on any atom is -0.392 e. The molecule has 0 heterocycles. The number of hydrogen-bond donors (Lipinski definition) is 3. The maximum Gasteiger partial charge on any atom is 0.170 e. The topological polar surface area (TPSA) is 94.8 Å². The second kappa shape index (κ2) is 5.02. The summed E-state index contributed by atoms with van der Waals surface area (Å²) in [7, 11) is 0. The summed E-state index contributed by atoms with van der Waals surface area (Å²) in [5.41, 5.74) is -1.94. The average Bonchev–Trinajstić information content (AvgIpc) is 2.69. The standard InChI is InChI=1S/C20H28O5/c1-10-15-11(22)7-13-19(3)6-4-5-18(2,9-21)12(19)8-14(23)20(13,16(10)24)17(15)25/h9,11-15,17,22-23,25H,1,4-8H2,2-3H3/t11-,12+,13-,14+,15?,17-,18+,19+,20?/m0/s1. The molecule has 5 nitrogen and oxygen atoms in total. The maximum atomic E-state index is 13.2. The van der Waals surface area contributed by atoms with Crippen molar-refractivity contribution in [2.45, 2.75) is 64.3 Å². The Hall–Kier alpha value is -1.04. The predicted molar refractivity (Wildman–Crippen MR) is 90.4 cm³/mol. The molecule has 4 aliphatic rings. The summed E-state index contributed by atoms with van der Waals surface area (Å²) in [5, 5.41) is 32.7. The Bertz CT molecular complexity index is 658. The van der Waals surface area contributed by atoms with E-state index in [1.165, 1.54) is 0 Å². The molecule has 0 radical (unpaired) electrons.